The van der Waals surface area contributed by atoms with Crippen molar-refractivity contribution < 1.29 is 17.9 Å². The fourth-order valence-electron chi connectivity index (χ4n) is 2.90. The molecule has 0 aromatic heterocycles. The molecule has 0 amide bonds. The number of ether oxygens (including phenoxy) is 1. The van der Waals surface area contributed by atoms with Gasteiger partial charge in [-0.05, 0) is 50.9 Å². The average molecular weight is 377 g/mol. The van der Waals surface area contributed by atoms with Gasteiger partial charge in [0.1, 0.15) is 0 Å². The number of methoxy groups -OCH3 is 1. The number of carbonyl (C=O) groups is 1. The molecule has 1 N–H and O–H groups in total. The topological polar surface area (TPSA) is 75.7 Å². The van der Waals surface area contributed by atoms with Gasteiger partial charge < -0.3 is 10.1 Å². The smallest absolute Gasteiger partial charge is 0.339 e. The van der Waals surface area contributed by atoms with E-state index in [2.05, 4.69) is 5.32 Å². The summed E-state index contributed by atoms with van der Waals surface area (Å²) in [5.41, 5.74) is 0.0901. The fourth-order valence-corrected chi connectivity index (χ4v) is 4.55. The van der Waals surface area contributed by atoms with E-state index in [1.165, 1.54) is 23.5 Å². The van der Waals surface area contributed by atoms with Crippen LogP contribution in [0.2, 0.25) is 0 Å². The summed E-state index contributed by atoms with van der Waals surface area (Å²) in [5.74, 6) is -0.0853. The van der Waals surface area contributed by atoms with Gasteiger partial charge in [0, 0.05) is 13.1 Å². The van der Waals surface area contributed by atoms with Crippen molar-refractivity contribution in [1.82, 2.24) is 9.62 Å². The molecule has 1 aliphatic heterocycles. The predicted molar refractivity (Wildman–Crippen MR) is 95.1 cm³/mol. The molecule has 0 radical (unpaired) electrons. The standard InChI is InChI=1S/C16H24N2O4S.ClH/c1-17-10-7-13-8-11-18(12-9-13)23(20,21)15-6-4-3-5-14(15)16(19)22-2;/h3-6,13,17H,7-12H2,1-2H3;1H. The quantitative estimate of drug-likeness (QED) is 0.767. The van der Waals surface area contributed by atoms with Gasteiger partial charge in [0.2, 0.25) is 10.0 Å². The lowest BCUT2D eigenvalue weighted by Crippen LogP contribution is -2.39. The fraction of sp³-hybridized carbons (Fsp3) is 0.562. The van der Waals surface area contributed by atoms with Gasteiger partial charge in [-0.3, -0.25) is 0 Å². The molecule has 0 aliphatic carbocycles. The second-order valence-electron chi connectivity index (χ2n) is 5.73. The Morgan fingerprint density at radius 1 is 1.29 bits per heavy atom. The molecule has 0 unspecified atom stereocenters. The van der Waals surface area contributed by atoms with E-state index in [-0.39, 0.29) is 22.9 Å². The third-order valence-corrected chi connectivity index (χ3v) is 6.24. The monoisotopic (exact) mass is 376 g/mol. The Morgan fingerprint density at radius 3 is 2.50 bits per heavy atom. The summed E-state index contributed by atoms with van der Waals surface area (Å²) < 4.78 is 31.9. The van der Waals surface area contributed by atoms with Crippen LogP contribution < -0.4 is 5.32 Å². The van der Waals surface area contributed by atoms with Crippen LogP contribution in [0.5, 0.6) is 0 Å². The maximum atomic E-state index is 12.9. The van der Waals surface area contributed by atoms with E-state index >= 15 is 0 Å². The van der Waals surface area contributed by atoms with Crippen molar-refractivity contribution in [2.24, 2.45) is 5.92 Å². The summed E-state index contributed by atoms with van der Waals surface area (Å²) >= 11 is 0. The largest absolute Gasteiger partial charge is 0.465 e. The first-order chi connectivity index (χ1) is 11.0. The van der Waals surface area contributed by atoms with Crippen molar-refractivity contribution in [1.29, 1.82) is 0 Å². The molecular weight excluding hydrogens is 352 g/mol. The number of rotatable bonds is 6. The second-order valence-corrected chi connectivity index (χ2v) is 7.63. The first-order valence-electron chi connectivity index (χ1n) is 7.82. The van der Waals surface area contributed by atoms with Gasteiger partial charge in [0.05, 0.1) is 17.6 Å². The first kappa shape index (κ1) is 20.9. The predicted octanol–water partition coefficient (Wildman–Crippen LogP) is 1.91. The summed E-state index contributed by atoms with van der Waals surface area (Å²) in [7, 11) is -0.506. The van der Waals surface area contributed by atoms with Crippen LogP contribution in [0.1, 0.15) is 29.6 Å². The van der Waals surface area contributed by atoms with Crippen LogP contribution in [0, 0.1) is 5.92 Å². The summed E-state index contributed by atoms with van der Waals surface area (Å²) in [4.78, 5) is 11.9. The Bertz CT molecular complexity index is 643. The minimum absolute atomic E-state index is 0. The lowest BCUT2D eigenvalue weighted by atomic mass is 9.95. The number of nitrogens with one attached hydrogen (secondary N) is 1. The Morgan fingerprint density at radius 2 is 1.92 bits per heavy atom. The van der Waals surface area contributed by atoms with Crippen molar-refractivity contribution in [3.8, 4) is 0 Å². The van der Waals surface area contributed by atoms with E-state index in [0.29, 0.717) is 19.0 Å². The zero-order chi connectivity index (χ0) is 16.9. The Balaban J connectivity index is 0.00000288. The third-order valence-electron chi connectivity index (χ3n) is 4.29. The van der Waals surface area contributed by atoms with Crippen LogP contribution in [-0.2, 0) is 14.8 Å². The van der Waals surface area contributed by atoms with E-state index < -0.39 is 16.0 Å². The van der Waals surface area contributed by atoms with E-state index in [0.717, 1.165) is 25.8 Å². The summed E-state index contributed by atoms with van der Waals surface area (Å²) in [6.07, 6.45) is 2.76. The molecule has 8 heteroatoms. The van der Waals surface area contributed by atoms with Gasteiger partial charge in [0.25, 0.3) is 0 Å². The SMILES string of the molecule is CNCCC1CCN(S(=O)(=O)c2ccccc2C(=O)OC)CC1.Cl. The molecule has 24 heavy (non-hydrogen) atoms. The number of sulfonamides is 1. The number of benzene rings is 1. The Labute approximate surface area is 150 Å². The molecule has 0 bridgehead atoms. The van der Waals surface area contributed by atoms with E-state index in [1.807, 2.05) is 7.05 Å². The number of hydrogen-bond donors (Lipinski definition) is 1. The van der Waals surface area contributed by atoms with Gasteiger partial charge in [-0.1, -0.05) is 12.1 Å². The average Bonchev–Trinajstić information content (AvgIpc) is 2.59. The highest BCUT2D eigenvalue weighted by molar-refractivity contribution is 7.89. The molecule has 1 aromatic carbocycles. The molecule has 0 spiro atoms. The van der Waals surface area contributed by atoms with Crippen LogP contribution >= 0.6 is 12.4 Å². The van der Waals surface area contributed by atoms with Crippen LogP contribution in [-0.4, -0.2) is 52.5 Å². The van der Waals surface area contributed by atoms with Gasteiger partial charge >= 0.3 is 5.97 Å². The second kappa shape index (κ2) is 9.36. The highest BCUT2D eigenvalue weighted by atomic mass is 35.5. The highest BCUT2D eigenvalue weighted by Crippen LogP contribution is 2.27. The van der Waals surface area contributed by atoms with E-state index in [4.69, 9.17) is 4.74 Å². The first-order valence-corrected chi connectivity index (χ1v) is 9.26. The van der Waals surface area contributed by atoms with Crippen LogP contribution in [0.25, 0.3) is 0 Å². The molecule has 1 aliphatic rings. The number of esters is 1. The number of piperidine rings is 1. The van der Waals surface area contributed by atoms with Crippen LogP contribution in [0.3, 0.4) is 0 Å². The molecular formula is C16H25ClN2O4S. The zero-order valence-electron chi connectivity index (χ0n) is 14.0. The van der Waals surface area contributed by atoms with Crippen LogP contribution in [0.4, 0.5) is 0 Å². The van der Waals surface area contributed by atoms with Gasteiger partial charge in [-0.25, -0.2) is 13.2 Å². The lowest BCUT2D eigenvalue weighted by molar-refractivity contribution is 0.0596. The molecule has 2 rings (SSSR count). The van der Waals surface area contributed by atoms with E-state index in [9.17, 15) is 13.2 Å². The molecule has 6 nitrogen and oxygen atoms in total. The molecule has 1 fully saturated rings. The zero-order valence-corrected chi connectivity index (χ0v) is 15.7. The van der Waals surface area contributed by atoms with Gasteiger partial charge in [-0.2, -0.15) is 4.31 Å². The normalized spacial score (nSPS) is 16.4. The highest BCUT2D eigenvalue weighted by Gasteiger charge is 2.32. The number of halogens is 1. The van der Waals surface area contributed by atoms with Crippen molar-refractivity contribution >= 4 is 28.4 Å². The maximum absolute atomic E-state index is 12.9. The summed E-state index contributed by atoms with van der Waals surface area (Å²) in [5, 5.41) is 3.13. The van der Waals surface area contributed by atoms with Crippen LogP contribution in [0.15, 0.2) is 29.2 Å². The summed E-state index contributed by atoms with van der Waals surface area (Å²) in [6, 6.07) is 6.21. The minimum atomic E-state index is -3.67. The van der Waals surface area contributed by atoms with Crippen molar-refractivity contribution in [2.45, 2.75) is 24.2 Å². The molecule has 0 atom stereocenters. The van der Waals surface area contributed by atoms with Crippen molar-refractivity contribution in [3.63, 3.8) is 0 Å². The van der Waals surface area contributed by atoms with Crippen molar-refractivity contribution in [2.75, 3.05) is 33.8 Å². The Hall–Kier alpha value is -1.15. The molecule has 1 heterocycles. The third kappa shape index (κ3) is 4.69. The van der Waals surface area contributed by atoms with Gasteiger partial charge in [-0.15, -0.1) is 12.4 Å². The maximum Gasteiger partial charge on any atom is 0.339 e. The molecule has 136 valence electrons. The molecule has 1 aromatic rings. The summed E-state index contributed by atoms with van der Waals surface area (Å²) in [6.45, 7) is 1.93. The molecule has 1 saturated heterocycles. The Kier molecular flexibility index (Phi) is 8.15. The van der Waals surface area contributed by atoms with Gasteiger partial charge in [0.15, 0.2) is 0 Å². The number of carbonyl (C=O) groups excluding carboxylic acids is 1. The minimum Gasteiger partial charge on any atom is -0.465 e. The number of nitrogens with zero attached hydrogens (tertiary/aromatic N) is 1. The van der Waals surface area contributed by atoms with E-state index in [1.54, 1.807) is 12.1 Å². The lowest BCUT2D eigenvalue weighted by Gasteiger charge is -2.31. The molecule has 0 saturated carbocycles. The van der Waals surface area contributed by atoms with Crippen molar-refractivity contribution in [3.05, 3.63) is 29.8 Å². The number of hydrogen-bond acceptors (Lipinski definition) is 5.